The lowest BCUT2D eigenvalue weighted by molar-refractivity contribution is -0.0356. The predicted molar refractivity (Wildman–Crippen MR) is 46.4 cm³/mol. The first kappa shape index (κ1) is 10.9. The highest BCUT2D eigenvalue weighted by Gasteiger charge is 2.29. The first-order chi connectivity index (χ1) is 5.10. The zero-order chi connectivity index (χ0) is 8.91. The van der Waals surface area contributed by atoms with Gasteiger partial charge in [-0.05, 0) is 18.8 Å². The molecule has 68 valence electrons. The summed E-state index contributed by atoms with van der Waals surface area (Å²) >= 11 is 0. The van der Waals surface area contributed by atoms with Crippen molar-refractivity contribution in [1.82, 2.24) is 0 Å². The van der Waals surface area contributed by atoms with E-state index < -0.39 is 5.60 Å². The lowest BCUT2D eigenvalue weighted by atomic mass is 9.82. The quantitative estimate of drug-likeness (QED) is 0.640. The van der Waals surface area contributed by atoms with Crippen LogP contribution >= 0.6 is 0 Å². The van der Waals surface area contributed by atoms with Crippen molar-refractivity contribution in [3.8, 4) is 0 Å². The molecule has 2 heteroatoms. The average molecular weight is 160 g/mol. The summed E-state index contributed by atoms with van der Waals surface area (Å²) in [5.41, 5.74) is -0.649. The Labute approximate surface area is 69.2 Å². The fourth-order valence-electron chi connectivity index (χ4n) is 1.35. The van der Waals surface area contributed by atoms with Crippen molar-refractivity contribution in [2.75, 3.05) is 6.61 Å². The molecule has 2 atom stereocenters. The van der Waals surface area contributed by atoms with Crippen LogP contribution in [-0.2, 0) is 0 Å². The zero-order valence-electron chi connectivity index (χ0n) is 7.80. The van der Waals surface area contributed by atoms with Gasteiger partial charge >= 0.3 is 0 Å². The fourth-order valence-corrected chi connectivity index (χ4v) is 1.35. The van der Waals surface area contributed by atoms with Gasteiger partial charge in [0.2, 0.25) is 0 Å². The van der Waals surface area contributed by atoms with Gasteiger partial charge in [0.15, 0.2) is 0 Å². The smallest absolute Gasteiger partial charge is 0.0692 e. The minimum atomic E-state index is -0.649. The molecule has 0 heterocycles. The molecular formula is C9H20O2. The molecule has 0 radical (unpaired) electrons. The Morgan fingerprint density at radius 3 is 2.18 bits per heavy atom. The minimum absolute atomic E-state index is 0.0781. The molecule has 2 nitrogen and oxygen atoms in total. The van der Waals surface area contributed by atoms with E-state index in [1.165, 1.54) is 0 Å². The standard InChI is InChI=1S/C9H20O2/c1-4-8(3)9(11,5-2)6-7-10/h8,10-11H,4-7H2,1-3H3. The van der Waals surface area contributed by atoms with Gasteiger partial charge in [-0.15, -0.1) is 0 Å². The van der Waals surface area contributed by atoms with E-state index in [1.807, 2.05) is 13.8 Å². The Morgan fingerprint density at radius 1 is 1.36 bits per heavy atom. The van der Waals surface area contributed by atoms with Crippen molar-refractivity contribution in [1.29, 1.82) is 0 Å². The molecule has 0 aromatic carbocycles. The molecule has 0 aromatic rings. The molecule has 0 aliphatic heterocycles. The van der Waals surface area contributed by atoms with Gasteiger partial charge in [0, 0.05) is 6.61 Å². The molecule has 0 saturated carbocycles. The summed E-state index contributed by atoms with van der Waals surface area (Å²) in [7, 11) is 0. The Morgan fingerprint density at radius 2 is 1.91 bits per heavy atom. The van der Waals surface area contributed by atoms with E-state index in [9.17, 15) is 5.11 Å². The molecule has 2 N–H and O–H groups in total. The van der Waals surface area contributed by atoms with Crippen LogP contribution in [-0.4, -0.2) is 22.4 Å². The highest BCUT2D eigenvalue weighted by Crippen LogP contribution is 2.26. The number of rotatable bonds is 5. The summed E-state index contributed by atoms with van der Waals surface area (Å²) < 4.78 is 0. The van der Waals surface area contributed by atoms with Crippen LogP contribution in [0.3, 0.4) is 0 Å². The van der Waals surface area contributed by atoms with E-state index in [0.29, 0.717) is 6.42 Å². The molecule has 0 fully saturated rings. The van der Waals surface area contributed by atoms with E-state index in [-0.39, 0.29) is 12.5 Å². The maximum atomic E-state index is 9.93. The number of hydrogen-bond donors (Lipinski definition) is 2. The van der Waals surface area contributed by atoms with Gasteiger partial charge in [-0.25, -0.2) is 0 Å². The summed E-state index contributed by atoms with van der Waals surface area (Å²) in [6.07, 6.45) is 2.19. The number of aliphatic hydroxyl groups excluding tert-OH is 1. The van der Waals surface area contributed by atoms with Gasteiger partial charge in [-0.2, -0.15) is 0 Å². The molecular weight excluding hydrogens is 140 g/mol. The minimum Gasteiger partial charge on any atom is -0.396 e. The third-order valence-corrected chi connectivity index (χ3v) is 2.69. The Balaban J connectivity index is 4.07. The molecule has 0 spiro atoms. The lowest BCUT2D eigenvalue weighted by Gasteiger charge is -2.32. The van der Waals surface area contributed by atoms with Crippen molar-refractivity contribution in [2.45, 2.75) is 45.6 Å². The predicted octanol–water partition coefficient (Wildman–Crippen LogP) is 1.56. The van der Waals surface area contributed by atoms with Crippen LogP contribution in [0.15, 0.2) is 0 Å². The third-order valence-electron chi connectivity index (χ3n) is 2.69. The van der Waals surface area contributed by atoms with Gasteiger partial charge < -0.3 is 10.2 Å². The second-order valence-electron chi connectivity index (χ2n) is 3.24. The highest BCUT2D eigenvalue weighted by molar-refractivity contribution is 4.81. The normalized spacial score (nSPS) is 19.4. The average Bonchev–Trinajstić information content (AvgIpc) is 2.03. The van der Waals surface area contributed by atoms with Crippen molar-refractivity contribution < 1.29 is 10.2 Å². The maximum absolute atomic E-state index is 9.93. The van der Waals surface area contributed by atoms with Gasteiger partial charge in [-0.1, -0.05) is 27.2 Å². The molecule has 0 rings (SSSR count). The van der Waals surface area contributed by atoms with E-state index in [4.69, 9.17) is 5.11 Å². The summed E-state index contributed by atoms with van der Waals surface area (Å²) in [6.45, 7) is 6.12. The Bertz CT molecular complexity index is 104. The molecule has 0 amide bonds. The fraction of sp³-hybridized carbons (Fsp3) is 1.00. The second kappa shape index (κ2) is 4.73. The van der Waals surface area contributed by atoms with Gasteiger partial charge in [0.1, 0.15) is 0 Å². The summed E-state index contributed by atoms with van der Waals surface area (Å²) in [6, 6.07) is 0. The molecule has 0 bridgehead atoms. The van der Waals surface area contributed by atoms with E-state index in [2.05, 4.69) is 6.92 Å². The summed E-state index contributed by atoms with van der Waals surface area (Å²) in [5.74, 6) is 0.277. The van der Waals surface area contributed by atoms with Crippen molar-refractivity contribution in [3.63, 3.8) is 0 Å². The largest absolute Gasteiger partial charge is 0.396 e. The topological polar surface area (TPSA) is 40.5 Å². The molecule has 0 aliphatic rings. The zero-order valence-corrected chi connectivity index (χ0v) is 7.80. The van der Waals surface area contributed by atoms with E-state index in [0.717, 1.165) is 12.8 Å². The van der Waals surface area contributed by atoms with Crippen LogP contribution in [0.5, 0.6) is 0 Å². The second-order valence-corrected chi connectivity index (χ2v) is 3.24. The van der Waals surface area contributed by atoms with Crippen molar-refractivity contribution in [2.24, 2.45) is 5.92 Å². The maximum Gasteiger partial charge on any atom is 0.0692 e. The van der Waals surface area contributed by atoms with Crippen LogP contribution in [0, 0.1) is 5.92 Å². The van der Waals surface area contributed by atoms with Gasteiger partial charge in [0.25, 0.3) is 0 Å². The molecule has 0 aromatic heterocycles. The molecule has 2 unspecified atom stereocenters. The monoisotopic (exact) mass is 160 g/mol. The van der Waals surface area contributed by atoms with Crippen molar-refractivity contribution >= 4 is 0 Å². The molecule has 0 aliphatic carbocycles. The summed E-state index contributed by atoms with van der Waals surface area (Å²) in [4.78, 5) is 0. The SMILES string of the molecule is CCC(C)C(O)(CC)CCO. The van der Waals surface area contributed by atoms with E-state index >= 15 is 0 Å². The Hall–Kier alpha value is -0.0800. The molecule has 11 heavy (non-hydrogen) atoms. The van der Waals surface area contributed by atoms with Gasteiger partial charge in [0.05, 0.1) is 5.60 Å². The first-order valence-electron chi connectivity index (χ1n) is 4.44. The van der Waals surface area contributed by atoms with Crippen molar-refractivity contribution in [3.05, 3.63) is 0 Å². The van der Waals surface area contributed by atoms with Crippen LogP contribution in [0.1, 0.15) is 40.0 Å². The van der Waals surface area contributed by atoms with Crippen LogP contribution in [0.4, 0.5) is 0 Å². The van der Waals surface area contributed by atoms with Crippen LogP contribution in [0.2, 0.25) is 0 Å². The van der Waals surface area contributed by atoms with E-state index in [1.54, 1.807) is 0 Å². The highest BCUT2D eigenvalue weighted by atomic mass is 16.3. The third kappa shape index (κ3) is 2.80. The molecule has 0 saturated heterocycles. The van der Waals surface area contributed by atoms with Gasteiger partial charge in [-0.3, -0.25) is 0 Å². The van der Waals surface area contributed by atoms with Crippen LogP contribution < -0.4 is 0 Å². The summed E-state index contributed by atoms with van der Waals surface area (Å²) in [5, 5.41) is 18.6. The lowest BCUT2D eigenvalue weighted by Crippen LogP contribution is -2.36. The van der Waals surface area contributed by atoms with Crippen LogP contribution in [0.25, 0.3) is 0 Å². The number of hydrogen-bond acceptors (Lipinski definition) is 2. The first-order valence-corrected chi connectivity index (χ1v) is 4.44. The Kier molecular flexibility index (Phi) is 4.69. The number of aliphatic hydroxyl groups is 2.